The van der Waals surface area contributed by atoms with Crippen molar-refractivity contribution in [2.45, 2.75) is 58.4 Å². The van der Waals surface area contributed by atoms with E-state index in [-0.39, 0.29) is 24.0 Å². The minimum Gasteiger partial charge on any atom is -0.485 e. The monoisotopic (exact) mass is 615 g/mol. The van der Waals surface area contributed by atoms with Crippen molar-refractivity contribution in [3.8, 4) is 16.9 Å². The number of carbonyl (C=O) groups excluding carboxylic acids is 1. The highest BCUT2D eigenvalue weighted by Gasteiger charge is 2.33. The average Bonchev–Trinajstić information content (AvgIpc) is 3.04. The van der Waals surface area contributed by atoms with Crippen molar-refractivity contribution in [2.24, 2.45) is 5.92 Å². The highest BCUT2D eigenvalue weighted by atomic mass is 19.4. The first-order valence-electron chi connectivity index (χ1n) is 15.5. The maximum absolute atomic E-state index is 13.2. The SMILES string of the molecule is Cc1cc(-c2ccncc2)cc(C)c1C(=O)NCC[C@H](C)N1CCC(C(Oc2ccccc2)c2ccc(C(F)(F)F)cc2)CC1. The zero-order chi connectivity index (χ0) is 32.0. The molecule has 1 aliphatic rings. The van der Waals surface area contributed by atoms with E-state index in [1.54, 1.807) is 24.5 Å². The number of amides is 1. The van der Waals surface area contributed by atoms with E-state index in [2.05, 4.69) is 22.1 Å². The highest BCUT2D eigenvalue weighted by Crippen LogP contribution is 2.37. The third-order valence-corrected chi connectivity index (χ3v) is 8.82. The third-order valence-electron chi connectivity index (χ3n) is 8.82. The average molecular weight is 616 g/mol. The van der Waals surface area contributed by atoms with Gasteiger partial charge in [-0.05, 0) is 117 Å². The Hall–Kier alpha value is -4.17. The minimum atomic E-state index is -4.38. The topological polar surface area (TPSA) is 54.5 Å². The Morgan fingerprint density at radius 2 is 1.56 bits per heavy atom. The number of hydrogen-bond acceptors (Lipinski definition) is 4. The predicted molar refractivity (Wildman–Crippen MR) is 171 cm³/mol. The zero-order valence-electron chi connectivity index (χ0n) is 26.0. The molecule has 1 unspecified atom stereocenters. The second-order valence-corrected chi connectivity index (χ2v) is 12.0. The van der Waals surface area contributed by atoms with E-state index < -0.39 is 11.7 Å². The summed E-state index contributed by atoms with van der Waals surface area (Å²) < 4.78 is 46.0. The lowest BCUT2D eigenvalue weighted by Crippen LogP contribution is -2.43. The smallest absolute Gasteiger partial charge is 0.416 e. The molecule has 0 spiro atoms. The Bertz CT molecular complexity index is 1530. The molecule has 1 N–H and O–H groups in total. The maximum atomic E-state index is 13.2. The second kappa shape index (κ2) is 14.3. The van der Waals surface area contributed by atoms with Gasteiger partial charge in [-0.3, -0.25) is 9.78 Å². The van der Waals surface area contributed by atoms with Gasteiger partial charge in [-0.1, -0.05) is 42.5 Å². The van der Waals surface area contributed by atoms with Crippen LogP contribution in [0.3, 0.4) is 0 Å². The quantitative estimate of drug-likeness (QED) is 0.195. The summed E-state index contributed by atoms with van der Waals surface area (Å²) in [6, 6.07) is 23.1. The number of likely N-dealkylation sites (tertiary alicyclic amines) is 1. The van der Waals surface area contributed by atoms with Gasteiger partial charge in [0.05, 0.1) is 5.56 Å². The molecule has 1 aliphatic heterocycles. The predicted octanol–water partition coefficient (Wildman–Crippen LogP) is 8.42. The van der Waals surface area contributed by atoms with Crippen LogP contribution in [0.25, 0.3) is 11.1 Å². The van der Waals surface area contributed by atoms with Crippen molar-refractivity contribution in [3.63, 3.8) is 0 Å². The zero-order valence-corrected chi connectivity index (χ0v) is 26.0. The number of pyridine rings is 1. The van der Waals surface area contributed by atoms with Crippen LogP contribution in [0.2, 0.25) is 0 Å². The fourth-order valence-electron chi connectivity index (χ4n) is 6.31. The number of halogens is 3. The molecule has 45 heavy (non-hydrogen) atoms. The van der Waals surface area contributed by atoms with E-state index in [0.717, 1.165) is 72.3 Å². The Labute approximate surface area is 263 Å². The molecular weight excluding hydrogens is 575 g/mol. The Kier molecular flexibility index (Phi) is 10.2. The molecule has 3 aromatic carbocycles. The lowest BCUT2D eigenvalue weighted by Gasteiger charge is -2.39. The summed E-state index contributed by atoms with van der Waals surface area (Å²) in [7, 11) is 0. The molecule has 5 nitrogen and oxygen atoms in total. The lowest BCUT2D eigenvalue weighted by atomic mass is 9.86. The molecule has 1 aromatic heterocycles. The van der Waals surface area contributed by atoms with E-state index >= 15 is 0 Å². The number of nitrogens with one attached hydrogen (secondary N) is 1. The Balaban J connectivity index is 1.16. The van der Waals surface area contributed by atoms with Crippen LogP contribution < -0.4 is 10.1 Å². The van der Waals surface area contributed by atoms with Crippen LogP contribution in [0.1, 0.15) is 64.9 Å². The molecule has 1 fully saturated rings. The van der Waals surface area contributed by atoms with E-state index in [0.29, 0.717) is 17.9 Å². The van der Waals surface area contributed by atoms with Crippen LogP contribution in [0.5, 0.6) is 5.75 Å². The van der Waals surface area contributed by atoms with Crippen molar-refractivity contribution in [1.29, 1.82) is 0 Å². The van der Waals surface area contributed by atoms with Gasteiger partial charge in [-0.15, -0.1) is 0 Å². The number of aryl methyl sites for hydroxylation is 2. The van der Waals surface area contributed by atoms with Crippen molar-refractivity contribution in [3.05, 3.63) is 119 Å². The number of para-hydroxylation sites is 1. The second-order valence-electron chi connectivity index (χ2n) is 12.0. The third kappa shape index (κ3) is 8.11. The number of benzene rings is 3. The summed E-state index contributed by atoms with van der Waals surface area (Å²) in [4.78, 5) is 19.7. The number of ether oxygens (including phenoxy) is 1. The first-order chi connectivity index (χ1) is 21.6. The molecule has 0 saturated carbocycles. The molecule has 1 saturated heterocycles. The van der Waals surface area contributed by atoms with Gasteiger partial charge in [-0.2, -0.15) is 13.2 Å². The maximum Gasteiger partial charge on any atom is 0.416 e. The summed E-state index contributed by atoms with van der Waals surface area (Å²) in [5.41, 5.74) is 4.82. The van der Waals surface area contributed by atoms with Gasteiger partial charge < -0.3 is 15.0 Å². The number of nitrogens with zero attached hydrogens (tertiary/aromatic N) is 2. The lowest BCUT2D eigenvalue weighted by molar-refractivity contribution is -0.137. The van der Waals surface area contributed by atoms with Gasteiger partial charge in [0.15, 0.2) is 0 Å². The van der Waals surface area contributed by atoms with Crippen molar-refractivity contribution >= 4 is 5.91 Å². The van der Waals surface area contributed by atoms with E-state index in [9.17, 15) is 18.0 Å². The number of aromatic nitrogens is 1. The minimum absolute atomic E-state index is 0.0605. The summed E-state index contributed by atoms with van der Waals surface area (Å²) in [6.45, 7) is 8.39. The number of carbonyl (C=O) groups is 1. The largest absolute Gasteiger partial charge is 0.485 e. The van der Waals surface area contributed by atoms with Crippen LogP contribution in [0.15, 0.2) is 91.3 Å². The highest BCUT2D eigenvalue weighted by molar-refractivity contribution is 5.97. The van der Waals surface area contributed by atoms with Gasteiger partial charge in [0.2, 0.25) is 0 Å². The number of rotatable bonds is 10. The molecule has 5 rings (SSSR count). The molecule has 2 heterocycles. The molecule has 0 bridgehead atoms. The van der Waals surface area contributed by atoms with E-state index in [1.807, 2.05) is 68.4 Å². The van der Waals surface area contributed by atoms with Crippen LogP contribution in [0.4, 0.5) is 13.2 Å². The summed E-state index contributed by atoms with van der Waals surface area (Å²) in [5, 5.41) is 3.13. The fraction of sp³-hybridized carbons (Fsp3) is 0.351. The molecule has 4 aromatic rings. The van der Waals surface area contributed by atoms with Crippen LogP contribution in [-0.2, 0) is 6.18 Å². The van der Waals surface area contributed by atoms with Gasteiger partial charge >= 0.3 is 6.18 Å². The Morgan fingerprint density at radius 1 is 0.933 bits per heavy atom. The standard InChI is InChI=1S/C37H40F3N3O2/c1-25-23-31(28-14-18-41-19-15-28)24-26(2)34(25)36(44)42-20-13-27(3)43-21-16-30(17-22-43)35(45-33-7-5-4-6-8-33)29-9-11-32(12-10-29)37(38,39)40/h4-12,14-15,18-19,23-24,27,30,35H,13,16-17,20-22H2,1-3H3,(H,42,44)/t27-,35?/m0/s1. The first-order valence-corrected chi connectivity index (χ1v) is 15.5. The van der Waals surface area contributed by atoms with Crippen LogP contribution in [-0.4, -0.2) is 41.5 Å². The van der Waals surface area contributed by atoms with Gasteiger partial charge in [0, 0.05) is 36.5 Å². The summed E-state index contributed by atoms with van der Waals surface area (Å²) >= 11 is 0. The first kappa shape index (κ1) is 32.2. The van der Waals surface area contributed by atoms with Crippen LogP contribution >= 0.6 is 0 Å². The van der Waals surface area contributed by atoms with E-state index in [4.69, 9.17) is 4.74 Å². The summed E-state index contributed by atoms with van der Waals surface area (Å²) in [6.07, 6.45) is 1.34. The number of alkyl halides is 3. The Morgan fingerprint density at radius 3 is 2.16 bits per heavy atom. The van der Waals surface area contributed by atoms with Gasteiger partial charge in [0.25, 0.3) is 5.91 Å². The van der Waals surface area contributed by atoms with E-state index in [1.165, 1.54) is 0 Å². The van der Waals surface area contributed by atoms with Crippen molar-refractivity contribution < 1.29 is 22.7 Å². The molecule has 236 valence electrons. The number of hydrogen-bond donors (Lipinski definition) is 1. The fourth-order valence-corrected chi connectivity index (χ4v) is 6.31. The van der Waals surface area contributed by atoms with Gasteiger partial charge in [-0.25, -0.2) is 0 Å². The van der Waals surface area contributed by atoms with Crippen molar-refractivity contribution in [1.82, 2.24) is 15.2 Å². The molecule has 0 radical (unpaired) electrons. The summed E-state index contributed by atoms with van der Waals surface area (Å²) in [5.74, 6) is 0.798. The van der Waals surface area contributed by atoms with Crippen molar-refractivity contribution in [2.75, 3.05) is 19.6 Å². The van der Waals surface area contributed by atoms with Gasteiger partial charge in [0.1, 0.15) is 11.9 Å². The molecular formula is C37H40F3N3O2. The molecule has 8 heteroatoms. The molecule has 0 aliphatic carbocycles. The van der Waals surface area contributed by atoms with Crippen LogP contribution in [0, 0.1) is 19.8 Å². The molecule has 1 amide bonds. The normalized spacial score (nSPS) is 15.8. The number of piperidine rings is 1. The molecule has 2 atom stereocenters.